The molecule has 3 aliphatic rings. The van der Waals surface area contributed by atoms with Crippen LogP contribution in [0.2, 0.25) is 0 Å². The lowest BCUT2D eigenvalue weighted by molar-refractivity contribution is -0.122. The van der Waals surface area contributed by atoms with Crippen molar-refractivity contribution in [3.63, 3.8) is 0 Å². The van der Waals surface area contributed by atoms with Crippen LogP contribution in [0, 0.1) is 5.82 Å². The van der Waals surface area contributed by atoms with E-state index in [-0.39, 0.29) is 23.3 Å². The number of ketones is 1. The van der Waals surface area contributed by atoms with Crippen molar-refractivity contribution >= 4 is 11.6 Å². The van der Waals surface area contributed by atoms with Crippen molar-refractivity contribution in [2.75, 3.05) is 31.6 Å². The quantitative estimate of drug-likeness (QED) is 0.387. The number of carbonyl (C=O) groups is 1. The summed E-state index contributed by atoms with van der Waals surface area (Å²) in [6.45, 7) is 7.24. The lowest BCUT2D eigenvalue weighted by atomic mass is 9.96. The van der Waals surface area contributed by atoms with E-state index in [1.165, 1.54) is 24.1 Å². The first-order valence-corrected chi connectivity index (χ1v) is 13.9. The third-order valence-corrected chi connectivity index (χ3v) is 7.99. The summed E-state index contributed by atoms with van der Waals surface area (Å²) < 4.78 is 26.5. The number of nitrogens with zero attached hydrogens (tertiary/aromatic N) is 2. The van der Waals surface area contributed by atoms with Gasteiger partial charge in [0.05, 0.1) is 24.4 Å². The first-order chi connectivity index (χ1) is 17.9. The number of nitrogens with one attached hydrogen (secondary N) is 1. The Hall–Kier alpha value is -2.35. The fraction of sp³-hybridized carbons (Fsp3) is 0.600. The van der Waals surface area contributed by atoms with Crippen LogP contribution in [0.3, 0.4) is 0 Å². The van der Waals surface area contributed by atoms with Gasteiger partial charge in [0.15, 0.2) is 5.78 Å². The molecule has 0 spiro atoms. The highest BCUT2D eigenvalue weighted by Crippen LogP contribution is 2.40. The molecule has 5 rings (SSSR count). The Morgan fingerprint density at radius 2 is 2.14 bits per heavy atom. The van der Waals surface area contributed by atoms with Gasteiger partial charge in [0.1, 0.15) is 11.6 Å². The summed E-state index contributed by atoms with van der Waals surface area (Å²) in [5.41, 5.74) is 4.00. The standard InChI is InChI=1S/C30H40FN3O3/c1-21(35)28(27-18-24(31)10-8-23(27)20-37-30(2)13-14-30)34-16-12-26(19-34)36-17-4-3-7-25-11-9-22-6-5-15-32-29(22)33-25/h8-11,18,26,28H,3-7,12-17,19-20H2,1-2H3,(H,32,33)/t26-,28+/m1/s1. The van der Waals surface area contributed by atoms with E-state index < -0.39 is 6.04 Å². The number of carbonyl (C=O) groups excluding carboxylic acids is 1. The highest BCUT2D eigenvalue weighted by molar-refractivity contribution is 5.83. The molecule has 1 N–H and O–H groups in total. The Morgan fingerprint density at radius 3 is 2.95 bits per heavy atom. The molecule has 0 amide bonds. The van der Waals surface area contributed by atoms with Crippen LogP contribution in [0.1, 0.15) is 80.8 Å². The smallest absolute Gasteiger partial charge is 0.151 e. The Balaban J connectivity index is 1.11. The summed E-state index contributed by atoms with van der Waals surface area (Å²) in [5, 5.41) is 3.41. The van der Waals surface area contributed by atoms with Crippen molar-refractivity contribution in [3.05, 3.63) is 58.5 Å². The molecule has 7 heteroatoms. The minimum Gasteiger partial charge on any atom is -0.377 e. The van der Waals surface area contributed by atoms with E-state index in [4.69, 9.17) is 14.5 Å². The zero-order chi connectivity index (χ0) is 25.8. The van der Waals surface area contributed by atoms with Crippen molar-refractivity contribution in [3.8, 4) is 0 Å². The maximum atomic E-state index is 14.3. The van der Waals surface area contributed by atoms with Crippen molar-refractivity contribution in [2.24, 2.45) is 0 Å². The molecule has 0 unspecified atom stereocenters. The number of likely N-dealkylation sites (tertiary alicyclic amines) is 1. The van der Waals surface area contributed by atoms with Crippen LogP contribution in [0.5, 0.6) is 0 Å². The molecule has 2 atom stereocenters. The number of unbranched alkanes of at least 4 members (excludes halogenated alkanes) is 1. The molecule has 0 bridgehead atoms. The van der Waals surface area contributed by atoms with Gasteiger partial charge < -0.3 is 14.8 Å². The van der Waals surface area contributed by atoms with Crippen LogP contribution < -0.4 is 5.32 Å². The largest absolute Gasteiger partial charge is 0.377 e. The Bertz CT molecular complexity index is 1100. The van der Waals surface area contributed by atoms with Gasteiger partial charge in [-0.25, -0.2) is 9.37 Å². The minimum absolute atomic E-state index is 0.0252. The first-order valence-electron chi connectivity index (χ1n) is 13.9. The molecule has 6 nitrogen and oxygen atoms in total. The number of fused-ring (bicyclic) bond motifs is 1. The van der Waals surface area contributed by atoms with Crippen LogP contribution >= 0.6 is 0 Å². The van der Waals surface area contributed by atoms with Crippen molar-refractivity contribution in [2.45, 2.75) is 89.6 Å². The van der Waals surface area contributed by atoms with Gasteiger partial charge in [-0.15, -0.1) is 0 Å². The fourth-order valence-electron chi connectivity index (χ4n) is 5.49. The molecule has 2 fully saturated rings. The van der Waals surface area contributed by atoms with Gasteiger partial charge in [-0.3, -0.25) is 9.69 Å². The molecule has 2 aliphatic heterocycles. The van der Waals surface area contributed by atoms with E-state index in [0.29, 0.717) is 19.8 Å². The number of Topliss-reactive ketones (excluding diaryl/α,β-unsaturated/α-hetero) is 1. The fourth-order valence-corrected chi connectivity index (χ4v) is 5.49. The zero-order valence-electron chi connectivity index (χ0n) is 22.2. The van der Waals surface area contributed by atoms with E-state index in [2.05, 4.69) is 29.3 Å². The van der Waals surface area contributed by atoms with Crippen LogP contribution in [0.15, 0.2) is 30.3 Å². The van der Waals surface area contributed by atoms with Gasteiger partial charge in [-0.05, 0) is 100 Å². The van der Waals surface area contributed by atoms with E-state index in [1.807, 2.05) is 0 Å². The third-order valence-electron chi connectivity index (χ3n) is 7.99. The number of halogens is 1. The normalized spacial score (nSPS) is 21.3. The van der Waals surface area contributed by atoms with Crippen LogP contribution in [0.4, 0.5) is 10.2 Å². The average Bonchev–Trinajstić information content (AvgIpc) is 3.45. The summed E-state index contributed by atoms with van der Waals surface area (Å²) in [6, 6.07) is 8.63. The first kappa shape index (κ1) is 26.3. The number of anilines is 1. The number of aromatic nitrogens is 1. The van der Waals surface area contributed by atoms with E-state index in [0.717, 1.165) is 80.7 Å². The lowest BCUT2D eigenvalue weighted by Gasteiger charge is -2.28. The second-order valence-corrected chi connectivity index (χ2v) is 11.2. The number of aryl methyl sites for hydroxylation is 2. The SMILES string of the molecule is CC(=O)[C@@H](c1cc(F)ccc1COC1(C)CC1)N1CC[C@@H](OCCCCc2ccc3c(n2)NCCC3)C1. The molecule has 1 saturated carbocycles. The zero-order valence-corrected chi connectivity index (χ0v) is 22.2. The number of ether oxygens (including phenoxy) is 2. The van der Waals surface area contributed by atoms with Gasteiger partial charge in [-0.1, -0.05) is 12.1 Å². The van der Waals surface area contributed by atoms with E-state index in [1.54, 1.807) is 13.0 Å². The van der Waals surface area contributed by atoms with Crippen molar-refractivity contribution in [1.82, 2.24) is 9.88 Å². The highest BCUT2D eigenvalue weighted by Gasteiger charge is 2.39. The van der Waals surface area contributed by atoms with Crippen molar-refractivity contribution < 1.29 is 18.7 Å². The molecule has 200 valence electrons. The summed E-state index contributed by atoms with van der Waals surface area (Å²) in [7, 11) is 0. The molecule has 1 aromatic heterocycles. The Kier molecular flexibility index (Phi) is 8.22. The van der Waals surface area contributed by atoms with Crippen LogP contribution in [0.25, 0.3) is 0 Å². The second-order valence-electron chi connectivity index (χ2n) is 11.2. The Labute approximate surface area is 219 Å². The highest BCUT2D eigenvalue weighted by atomic mass is 19.1. The maximum absolute atomic E-state index is 14.3. The summed E-state index contributed by atoms with van der Waals surface area (Å²) in [6.07, 6.45) is 8.30. The number of rotatable bonds is 12. The number of benzene rings is 1. The number of pyridine rings is 1. The summed E-state index contributed by atoms with van der Waals surface area (Å²) in [4.78, 5) is 19.7. The molecule has 3 heterocycles. The molecular formula is C30H40FN3O3. The molecule has 37 heavy (non-hydrogen) atoms. The van der Waals surface area contributed by atoms with Gasteiger partial charge in [0.25, 0.3) is 0 Å². The van der Waals surface area contributed by atoms with Gasteiger partial charge >= 0.3 is 0 Å². The molecule has 2 aromatic rings. The molecule has 1 saturated heterocycles. The topological polar surface area (TPSA) is 63.7 Å². The minimum atomic E-state index is -0.474. The molecule has 1 aromatic carbocycles. The van der Waals surface area contributed by atoms with Gasteiger partial charge in [0.2, 0.25) is 0 Å². The predicted molar refractivity (Wildman–Crippen MR) is 142 cm³/mol. The monoisotopic (exact) mass is 509 g/mol. The molecule has 0 radical (unpaired) electrons. The Morgan fingerprint density at radius 1 is 1.27 bits per heavy atom. The number of hydrogen-bond acceptors (Lipinski definition) is 6. The average molecular weight is 510 g/mol. The maximum Gasteiger partial charge on any atom is 0.151 e. The third kappa shape index (κ3) is 6.75. The summed E-state index contributed by atoms with van der Waals surface area (Å²) >= 11 is 0. The van der Waals surface area contributed by atoms with Gasteiger partial charge in [-0.2, -0.15) is 0 Å². The van der Waals surface area contributed by atoms with Crippen molar-refractivity contribution in [1.29, 1.82) is 0 Å². The van der Waals surface area contributed by atoms with E-state index >= 15 is 0 Å². The molecule has 1 aliphatic carbocycles. The summed E-state index contributed by atoms with van der Waals surface area (Å²) in [5.74, 6) is 0.761. The predicted octanol–water partition coefficient (Wildman–Crippen LogP) is 5.39. The second kappa shape index (κ2) is 11.6. The van der Waals surface area contributed by atoms with Gasteiger partial charge in [0, 0.05) is 31.9 Å². The van der Waals surface area contributed by atoms with E-state index in [9.17, 15) is 9.18 Å². The van der Waals surface area contributed by atoms with Crippen LogP contribution in [-0.4, -0.2) is 53.6 Å². The van der Waals surface area contributed by atoms with Crippen LogP contribution in [-0.2, 0) is 33.7 Å². The lowest BCUT2D eigenvalue weighted by Crippen LogP contribution is -2.33. The number of hydrogen-bond donors (Lipinski definition) is 1. The molecular weight excluding hydrogens is 469 g/mol.